The second-order valence-corrected chi connectivity index (χ2v) is 13.9. The zero-order valence-electron chi connectivity index (χ0n) is 25.8. The largest absolute Gasteiger partial charge is 0.364 e. The van der Waals surface area contributed by atoms with Crippen LogP contribution in [0.1, 0.15) is 29.5 Å². The van der Waals surface area contributed by atoms with Crippen molar-refractivity contribution >= 4 is 59.1 Å². The Morgan fingerprint density at radius 1 is 1.08 bits per heavy atom. The summed E-state index contributed by atoms with van der Waals surface area (Å²) in [7, 11) is -4.56. The molecule has 0 saturated carbocycles. The van der Waals surface area contributed by atoms with E-state index in [9.17, 15) is 28.2 Å². The maximum atomic E-state index is 15.6. The fourth-order valence-corrected chi connectivity index (χ4v) is 7.68. The number of nitrogens with zero attached hydrogens (tertiary/aromatic N) is 4. The Balaban J connectivity index is 1.21. The molecule has 49 heavy (non-hydrogen) atoms. The summed E-state index contributed by atoms with van der Waals surface area (Å²) in [5.41, 5.74) is 1.37. The summed E-state index contributed by atoms with van der Waals surface area (Å²) in [5.74, 6) is -2.11. The van der Waals surface area contributed by atoms with E-state index >= 15 is 4.39 Å². The van der Waals surface area contributed by atoms with Crippen LogP contribution in [0.3, 0.4) is 0 Å². The van der Waals surface area contributed by atoms with Crippen LogP contribution in [-0.4, -0.2) is 61.0 Å². The number of carbonyl (C=O) groups excluding carboxylic acids is 3. The number of amides is 3. The predicted octanol–water partition coefficient (Wildman–Crippen LogP) is 6.20. The monoisotopic (exact) mass is 711 g/mol. The molecular formula is C32H29ClF2N7O6P. The number of alkyl halides is 1. The second-order valence-electron chi connectivity index (χ2n) is 11.3. The van der Waals surface area contributed by atoms with Crippen molar-refractivity contribution in [3.8, 4) is 11.1 Å². The molecule has 6 rings (SSSR count). The van der Waals surface area contributed by atoms with Crippen LogP contribution in [0.2, 0.25) is 5.02 Å². The van der Waals surface area contributed by atoms with Gasteiger partial charge < -0.3 is 25.4 Å². The molecular weight excluding hydrogens is 683 g/mol. The number of hydrogen-bond acceptors (Lipinski definition) is 7. The number of Topliss-reactive ketones (excluding diaryl/α,β-unsaturated/α-hetero) is 1. The predicted molar refractivity (Wildman–Crippen MR) is 177 cm³/mol. The van der Waals surface area contributed by atoms with E-state index in [1.807, 2.05) is 0 Å². The lowest BCUT2D eigenvalue weighted by Gasteiger charge is -2.28. The minimum atomic E-state index is -4.56. The Bertz CT molecular complexity index is 2110. The smallest absolute Gasteiger partial charge is 0.319 e. The van der Waals surface area contributed by atoms with E-state index in [2.05, 4.69) is 26.2 Å². The molecule has 13 nitrogen and oxygen atoms in total. The third-order valence-corrected chi connectivity index (χ3v) is 10.1. The van der Waals surface area contributed by atoms with Crippen molar-refractivity contribution in [2.45, 2.75) is 38.4 Å². The van der Waals surface area contributed by atoms with Crippen LogP contribution in [0.4, 0.5) is 25.0 Å². The van der Waals surface area contributed by atoms with Gasteiger partial charge in [0.05, 0.1) is 17.7 Å². The van der Waals surface area contributed by atoms with E-state index in [1.165, 1.54) is 49.6 Å². The summed E-state index contributed by atoms with van der Waals surface area (Å²) in [4.78, 5) is 49.6. The number of rotatable bonds is 10. The topological polar surface area (TPSA) is 172 Å². The summed E-state index contributed by atoms with van der Waals surface area (Å²) >= 11 is 6.24. The Labute approximate surface area is 282 Å². The third-order valence-electron chi connectivity index (χ3n) is 7.93. The van der Waals surface area contributed by atoms with Gasteiger partial charge in [0.25, 0.3) is 7.52 Å². The molecule has 1 aliphatic rings. The highest BCUT2D eigenvalue weighted by molar-refractivity contribution is 7.54. The molecule has 4 N–H and O–H groups in total. The molecule has 5 aromatic rings. The van der Waals surface area contributed by atoms with Crippen molar-refractivity contribution in [3.63, 3.8) is 0 Å². The van der Waals surface area contributed by atoms with Gasteiger partial charge in [-0.2, -0.15) is 5.10 Å². The first-order valence-electron chi connectivity index (χ1n) is 14.9. The quantitative estimate of drug-likeness (QED) is 0.0972. The molecule has 3 aromatic carbocycles. The average Bonchev–Trinajstić information content (AvgIpc) is 3.81. The molecule has 3 heterocycles. The summed E-state index contributed by atoms with van der Waals surface area (Å²) in [5, 5.41) is 16.2. The molecule has 0 radical (unpaired) electrons. The Morgan fingerprint density at radius 3 is 2.59 bits per heavy atom. The van der Waals surface area contributed by atoms with E-state index in [1.54, 1.807) is 30.3 Å². The van der Waals surface area contributed by atoms with Crippen LogP contribution < -0.4 is 16.0 Å². The number of anilines is 2. The SMILES string of the molecule is CC(=O)c1nn(CP(=O)(O)N2C[C@H](F)C[C@H]2C(=O)Nc2cccc(-c3ccccc3Cl)c2F)c2ccc(NC(=O)NCc3ccon3)cc12. The molecule has 0 spiro atoms. The van der Waals surface area contributed by atoms with Crippen LogP contribution in [0, 0.1) is 5.82 Å². The van der Waals surface area contributed by atoms with Crippen LogP contribution in [-0.2, 0) is 22.2 Å². The van der Waals surface area contributed by atoms with Gasteiger partial charge in [-0.3, -0.25) is 18.8 Å². The fraction of sp³-hybridized carbons (Fsp3) is 0.219. The van der Waals surface area contributed by atoms with Crippen LogP contribution in [0.5, 0.6) is 0 Å². The molecule has 1 fully saturated rings. The second kappa shape index (κ2) is 13.9. The molecule has 3 amide bonds. The van der Waals surface area contributed by atoms with E-state index in [4.69, 9.17) is 16.1 Å². The van der Waals surface area contributed by atoms with E-state index < -0.39 is 62.5 Å². The molecule has 254 valence electrons. The van der Waals surface area contributed by atoms with Crippen molar-refractivity contribution in [1.82, 2.24) is 24.9 Å². The van der Waals surface area contributed by atoms with Gasteiger partial charge in [-0.15, -0.1) is 0 Å². The lowest BCUT2D eigenvalue weighted by molar-refractivity contribution is -0.119. The Hall–Kier alpha value is -4.95. The van der Waals surface area contributed by atoms with Crippen LogP contribution >= 0.6 is 19.1 Å². The zero-order valence-corrected chi connectivity index (χ0v) is 27.4. The normalized spacial score (nSPS) is 17.5. The van der Waals surface area contributed by atoms with E-state index in [0.717, 1.165) is 9.35 Å². The Kier molecular flexibility index (Phi) is 9.61. The molecule has 1 aliphatic heterocycles. The van der Waals surface area contributed by atoms with Gasteiger partial charge in [-0.05, 0) is 30.3 Å². The summed E-state index contributed by atoms with van der Waals surface area (Å²) in [6, 6.07) is 15.0. The first-order valence-corrected chi connectivity index (χ1v) is 17.1. The zero-order chi connectivity index (χ0) is 34.9. The number of fused-ring (bicyclic) bond motifs is 1. The number of benzene rings is 3. The van der Waals surface area contributed by atoms with Crippen molar-refractivity contribution in [2.24, 2.45) is 0 Å². The Morgan fingerprint density at radius 2 is 1.86 bits per heavy atom. The van der Waals surface area contributed by atoms with Gasteiger partial charge in [-0.25, -0.2) is 18.2 Å². The molecule has 3 atom stereocenters. The molecule has 1 saturated heterocycles. The number of urea groups is 1. The van der Waals surface area contributed by atoms with Gasteiger partial charge in [0.1, 0.15) is 36.2 Å². The number of carbonyl (C=O) groups is 3. The van der Waals surface area contributed by atoms with Crippen molar-refractivity contribution < 1.29 is 37.1 Å². The number of aromatic nitrogens is 3. The number of ketones is 1. The maximum absolute atomic E-state index is 15.6. The molecule has 2 aromatic heterocycles. The van der Waals surface area contributed by atoms with Crippen molar-refractivity contribution in [1.29, 1.82) is 0 Å². The lowest BCUT2D eigenvalue weighted by Crippen LogP contribution is -2.38. The molecule has 0 bridgehead atoms. The van der Waals surface area contributed by atoms with Crippen molar-refractivity contribution in [2.75, 3.05) is 17.2 Å². The minimum absolute atomic E-state index is 0.0328. The fourth-order valence-electron chi connectivity index (χ4n) is 5.64. The number of nitrogens with one attached hydrogen (secondary N) is 3. The third kappa shape index (κ3) is 7.25. The molecule has 17 heteroatoms. The van der Waals surface area contributed by atoms with Crippen LogP contribution in [0.25, 0.3) is 22.0 Å². The highest BCUT2D eigenvalue weighted by Gasteiger charge is 2.46. The van der Waals surface area contributed by atoms with Crippen molar-refractivity contribution in [3.05, 3.63) is 95.2 Å². The first-order chi connectivity index (χ1) is 23.4. The summed E-state index contributed by atoms with van der Waals surface area (Å²) in [6.45, 7) is 0.834. The lowest BCUT2D eigenvalue weighted by atomic mass is 10.0. The van der Waals surface area contributed by atoms with Crippen LogP contribution in [0.15, 0.2) is 77.5 Å². The highest BCUT2D eigenvalue weighted by atomic mass is 35.5. The van der Waals surface area contributed by atoms with Gasteiger partial charge in [0.15, 0.2) is 11.6 Å². The first kappa shape index (κ1) is 33.9. The highest BCUT2D eigenvalue weighted by Crippen LogP contribution is 2.52. The summed E-state index contributed by atoms with van der Waals surface area (Å²) in [6.07, 6.45) is -1.36. The number of halogens is 3. The minimum Gasteiger partial charge on any atom is -0.364 e. The standard InChI is InChI=1S/C32H29ClF2N7O6P/c1-18(43)30-24-14-20(37-32(45)36-15-21-11-12-48-40-21)9-10-27(24)41(39-30)17-49(46,47)42-16-19(34)13-28(42)31(44)38-26-8-4-6-23(29(26)35)22-5-2-3-7-25(22)33/h2-12,14,19,28H,13,15-17H2,1H3,(H,38,44)(H,46,47)(H2,36,37,45)/t19-,28+/m1/s1. The maximum Gasteiger partial charge on any atom is 0.319 e. The van der Waals surface area contributed by atoms with E-state index in [-0.39, 0.29) is 34.4 Å². The van der Waals surface area contributed by atoms with Gasteiger partial charge >= 0.3 is 6.03 Å². The number of hydrogen-bond donors (Lipinski definition) is 4. The van der Waals surface area contributed by atoms with Gasteiger partial charge in [0.2, 0.25) is 5.91 Å². The average molecular weight is 712 g/mol. The van der Waals surface area contributed by atoms with Gasteiger partial charge in [-0.1, -0.05) is 47.1 Å². The molecule has 0 aliphatic carbocycles. The summed E-state index contributed by atoms with van der Waals surface area (Å²) < 4.78 is 50.9. The van der Waals surface area contributed by atoms with E-state index in [0.29, 0.717) is 22.0 Å². The van der Waals surface area contributed by atoms with Gasteiger partial charge in [0, 0.05) is 53.2 Å². The molecule has 1 unspecified atom stereocenters.